The summed E-state index contributed by atoms with van der Waals surface area (Å²) in [5.74, 6) is 4.13. The van der Waals surface area contributed by atoms with E-state index in [1.807, 2.05) is 0 Å². The number of amides is 1. The van der Waals surface area contributed by atoms with Crippen LogP contribution >= 0.6 is 0 Å². The van der Waals surface area contributed by atoms with Crippen LogP contribution in [0.3, 0.4) is 0 Å². The van der Waals surface area contributed by atoms with Gasteiger partial charge in [-0.3, -0.25) is 4.79 Å². The zero-order valence-corrected chi connectivity index (χ0v) is 9.81. The minimum Gasteiger partial charge on any atom is -0.472 e. The summed E-state index contributed by atoms with van der Waals surface area (Å²) in [6.07, 6.45) is 2.68. The van der Waals surface area contributed by atoms with Crippen LogP contribution in [0.1, 0.15) is 15.9 Å². The van der Waals surface area contributed by atoms with Crippen molar-refractivity contribution >= 4 is 11.6 Å². The molecule has 19 heavy (non-hydrogen) atoms. The number of anilines is 1. The molecule has 96 valence electrons. The van der Waals surface area contributed by atoms with Gasteiger partial charge in [-0.05, 0) is 24.3 Å². The maximum atomic E-state index is 13.1. The first-order chi connectivity index (χ1) is 9.20. The number of nitrogens with one attached hydrogen (secondary N) is 1. The second-order valence-corrected chi connectivity index (χ2v) is 3.62. The summed E-state index contributed by atoms with van der Waals surface area (Å²) in [5, 5.41) is 11.3. The Morgan fingerprint density at radius 3 is 2.95 bits per heavy atom. The van der Waals surface area contributed by atoms with Crippen molar-refractivity contribution < 1.29 is 18.7 Å². The van der Waals surface area contributed by atoms with E-state index in [-0.39, 0.29) is 12.5 Å². The number of hydrogen-bond acceptors (Lipinski definition) is 3. The molecule has 1 heterocycles. The molecule has 0 aliphatic rings. The highest BCUT2D eigenvalue weighted by atomic mass is 19.1. The first-order valence-corrected chi connectivity index (χ1v) is 5.43. The molecule has 0 radical (unpaired) electrons. The topological polar surface area (TPSA) is 62.5 Å². The highest BCUT2D eigenvalue weighted by Crippen LogP contribution is 2.17. The number of aliphatic hydroxyl groups is 1. The molecule has 0 atom stereocenters. The average molecular weight is 259 g/mol. The third-order valence-corrected chi connectivity index (χ3v) is 2.32. The van der Waals surface area contributed by atoms with Crippen LogP contribution in [0, 0.1) is 17.7 Å². The van der Waals surface area contributed by atoms with Gasteiger partial charge in [0.25, 0.3) is 5.91 Å². The third kappa shape index (κ3) is 3.21. The molecule has 0 spiro atoms. The van der Waals surface area contributed by atoms with E-state index in [1.54, 1.807) is 0 Å². The molecule has 0 bridgehead atoms. The molecule has 2 N–H and O–H groups in total. The quantitative estimate of drug-likeness (QED) is 0.811. The summed E-state index contributed by atoms with van der Waals surface area (Å²) < 4.78 is 17.9. The van der Waals surface area contributed by atoms with E-state index >= 15 is 0 Å². The predicted molar refractivity (Wildman–Crippen MR) is 67.0 cm³/mol. The number of furan rings is 1. The molecule has 0 saturated carbocycles. The summed E-state index contributed by atoms with van der Waals surface area (Å²) in [4.78, 5) is 11.8. The minimum atomic E-state index is -0.469. The maximum Gasteiger partial charge on any atom is 0.258 e. The lowest BCUT2D eigenvalue weighted by atomic mass is 10.1. The highest BCUT2D eigenvalue weighted by molar-refractivity contribution is 6.04. The minimum absolute atomic E-state index is 0.297. The summed E-state index contributed by atoms with van der Waals surface area (Å²) in [6.45, 7) is -0.342. The molecule has 1 amide bonds. The normalized spacial score (nSPS) is 9.58. The Balaban J connectivity index is 2.27. The van der Waals surface area contributed by atoms with Crippen LogP contribution in [-0.2, 0) is 0 Å². The fourth-order valence-electron chi connectivity index (χ4n) is 1.45. The fourth-order valence-corrected chi connectivity index (χ4v) is 1.45. The van der Waals surface area contributed by atoms with Gasteiger partial charge in [0.05, 0.1) is 23.1 Å². The number of halogens is 1. The van der Waals surface area contributed by atoms with Crippen molar-refractivity contribution in [2.24, 2.45) is 0 Å². The van der Waals surface area contributed by atoms with Gasteiger partial charge in [-0.15, -0.1) is 0 Å². The summed E-state index contributed by atoms with van der Waals surface area (Å²) >= 11 is 0. The lowest BCUT2D eigenvalue weighted by Gasteiger charge is -2.06. The molecule has 2 aromatic rings. The molecule has 4 nitrogen and oxygen atoms in total. The molecule has 0 fully saturated rings. The zero-order valence-electron chi connectivity index (χ0n) is 9.81. The first kappa shape index (κ1) is 12.9. The standard InChI is InChI=1S/C14H10FNO3/c15-12-3-4-13(10(8-12)2-1-6-17)16-14(18)11-5-7-19-9-11/h3-5,7-9,17H,6H2,(H,16,18). The number of carbonyl (C=O) groups is 1. The van der Waals surface area contributed by atoms with Gasteiger partial charge in [0.1, 0.15) is 18.7 Å². The van der Waals surface area contributed by atoms with Gasteiger partial charge < -0.3 is 14.8 Å². The number of benzene rings is 1. The molecular formula is C14H10FNO3. The summed E-state index contributed by atoms with van der Waals surface area (Å²) in [6, 6.07) is 5.33. The van der Waals surface area contributed by atoms with Crippen LogP contribution in [0.2, 0.25) is 0 Å². The zero-order chi connectivity index (χ0) is 13.7. The number of hydrogen-bond donors (Lipinski definition) is 2. The summed E-state index contributed by atoms with van der Waals surface area (Å²) in [5.41, 5.74) is 1.02. The molecule has 0 aliphatic carbocycles. The van der Waals surface area contributed by atoms with E-state index in [0.717, 1.165) is 0 Å². The van der Waals surface area contributed by atoms with Crippen molar-refractivity contribution in [1.82, 2.24) is 0 Å². The second-order valence-electron chi connectivity index (χ2n) is 3.62. The molecule has 0 unspecified atom stereocenters. The van der Waals surface area contributed by atoms with Crippen LogP contribution in [0.25, 0.3) is 0 Å². The van der Waals surface area contributed by atoms with Crippen LogP contribution in [0.5, 0.6) is 0 Å². The Bertz CT molecular complexity index is 638. The molecule has 0 saturated heterocycles. The van der Waals surface area contributed by atoms with Gasteiger partial charge in [0, 0.05) is 0 Å². The van der Waals surface area contributed by atoms with Crippen molar-refractivity contribution in [2.45, 2.75) is 0 Å². The van der Waals surface area contributed by atoms with E-state index in [4.69, 9.17) is 9.52 Å². The Labute approximate surface area is 108 Å². The Hall–Kier alpha value is -2.58. The average Bonchev–Trinajstić information content (AvgIpc) is 2.93. The largest absolute Gasteiger partial charge is 0.472 e. The predicted octanol–water partition coefficient (Wildman–Crippen LogP) is 2.01. The Kier molecular flexibility index (Phi) is 3.96. The highest BCUT2D eigenvalue weighted by Gasteiger charge is 2.10. The van der Waals surface area contributed by atoms with Crippen molar-refractivity contribution in [1.29, 1.82) is 0 Å². The van der Waals surface area contributed by atoms with Gasteiger partial charge in [0.15, 0.2) is 0 Å². The maximum absolute atomic E-state index is 13.1. The second kappa shape index (κ2) is 5.85. The van der Waals surface area contributed by atoms with E-state index in [2.05, 4.69) is 17.2 Å². The van der Waals surface area contributed by atoms with E-state index in [9.17, 15) is 9.18 Å². The van der Waals surface area contributed by atoms with Crippen LogP contribution in [-0.4, -0.2) is 17.6 Å². The van der Waals surface area contributed by atoms with Crippen LogP contribution in [0.15, 0.2) is 41.2 Å². The Morgan fingerprint density at radius 2 is 2.26 bits per heavy atom. The van der Waals surface area contributed by atoms with Crippen molar-refractivity contribution in [3.05, 3.63) is 53.7 Å². The molecule has 5 heteroatoms. The van der Waals surface area contributed by atoms with Crippen LogP contribution in [0.4, 0.5) is 10.1 Å². The molecule has 0 aliphatic heterocycles. The summed E-state index contributed by atoms with van der Waals surface area (Å²) in [7, 11) is 0. The third-order valence-electron chi connectivity index (χ3n) is 2.32. The van der Waals surface area contributed by atoms with E-state index < -0.39 is 5.82 Å². The molecule has 1 aromatic carbocycles. The first-order valence-electron chi connectivity index (χ1n) is 5.43. The SMILES string of the molecule is O=C(Nc1ccc(F)cc1C#CCO)c1ccoc1. The van der Waals surface area contributed by atoms with Gasteiger partial charge in [-0.2, -0.15) is 0 Å². The van der Waals surface area contributed by atoms with Crippen molar-refractivity contribution in [2.75, 3.05) is 11.9 Å². The Morgan fingerprint density at radius 1 is 1.42 bits per heavy atom. The number of aliphatic hydroxyl groups excluding tert-OH is 1. The molecule has 1 aromatic heterocycles. The number of rotatable bonds is 2. The van der Waals surface area contributed by atoms with Gasteiger partial charge >= 0.3 is 0 Å². The fraction of sp³-hybridized carbons (Fsp3) is 0.0714. The van der Waals surface area contributed by atoms with Crippen molar-refractivity contribution in [3.8, 4) is 11.8 Å². The smallest absolute Gasteiger partial charge is 0.258 e. The van der Waals surface area contributed by atoms with E-state index in [1.165, 1.54) is 36.8 Å². The lowest BCUT2D eigenvalue weighted by molar-refractivity contribution is 0.102. The molecule has 2 rings (SSSR count). The van der Waals surface area contributed by atoms with E-state index in [0.29, 0.717) is 16.8 Å². The molecular weight excluding hydrogens is 249 g/mol. The van der Waals surface area contributed by atoms with Gasteiger partial charge in [0.2, 0.25) is 0 Å². The van der Waals surface area contributed by atoms with Crippen molar-refractivity contribution in [3.63, 3.8) is 0 Å². The number of carbonyl (C=O) groups excluding carboxylic acids is 1. The van der Waals surface area contributed by atoms with Gasteiger partial charge in [-0.1, -0.05) is 11.8 Å². The lowest BCUT2D eigenvalue weighted by Crippen LogP contribution is -2.12. The van der Waals surface area contributed by atoms with Gasteiger partial charge in [-0.25, -0.2) is 4.39 Å². The monoisotopic (exact) mass is 259 g/mol. The van der Waals surface area contributed by atoms with Crippen LogP contribution < -0.4 is 5.32 Å².